The molecule has 4 aromatic carbocycles. The van der Waals surface area contributed by atoms with E-state index in [1.54, 1.807) is 56.3 Å². The van der Waals surface area contributed by atoms with Gasteiger partial charge in [-0.1, -0.05) is 52.8 Å². The molecular weight excluding hydrogens is 670 g/mol. The maximum Gasteiger partial charge on any atom is 0.337 e. The molecule has 0 radical (unpaired) electrons. The predicted octanol–water partition coefficient (Wildman–Crippen LogP) is 9.29. The van der Waals surface area contributed by atoms with Gasteiger partial charge in [0.05, 0.1) is 51.8 Å². The van der Waals surface area contributed by atoms with Gasteiger partial charge in [-0.2, -0.15) is 0 Å². The largest absolute Gasteiger partial charge is 0.497 e. The van der Waals surface area contributed by atoms with Gasteiger partial charge in [0.2, 0.25) is 0 Å². The van der Waals surface area contributed by atoms with Gasteiger partial charge in [0.25, 0.3) is 0 Å². The standard InChI is InChI=1S/C21H25FO4.C21H23FO4/c2*1-6-21(2,3)19(23)17-11-13(20(24)26-5)7-9-15(17)16-12-14(25-4)8-10-18(16)22/h7-12,19,23H,6H2,1-5H3;6-12,19,23H,1H2,2-5H3. The highest BCUT2D eigenvalue weighted by molar-refractivity contribution is 5.91. The Morgan fingerprint density at radius 1 is 0.673 bits per heavy atom. The summed E-state index contributed by atoms with van der Waals surface area (Å²) in [5.41, 5.74) is 1.87. The molecule has 278 valence electrons. The number of carbonyl (C=O) groups excluding carboxylic acids is 2. The Morgan fingerprint density at radius 3 is 1.42 bits per heavy atom. The van der Waals surface area contributed by atoms with E-state index in [9.17, 15) is 28.6 Å². The zero-order valence-electron chi connectivity index (χ0n) is 31.2. The van der Waals surface area contributed by atoms with Gasteiger partial charge in [-0.25, -0.2) is 18.4 Å². The molecule has 4 aromatic rings. The zero-order chi connectivity index (χ0) is 39.0. The van der Waals surface area contributed by atoms with Crippen molar-refractivity contribution in [2.75, 3.05) is 28.4 Å². The van der Waals surface area contributed by atoms with Gasteiger partial charge in [-0.05, 0) is 94.8 Å². The number of hydrogen-bond donors (Lipinski definition) is 2. The molecule has 0 aromatic heterocycles. The van der Waals surface area contributed by atoms with E-state index in [-0.39, 0.29) is 11.1 Å². The van der Waals surface area contributed by atoms with Gasteiger partial charge < -0.3 is 29.2 Å². The Hall–Kier alpha value is -5.06. The molecule has 0 saturated carbocycles. The van der Waals surface area contributed by atoms with Gasteiger partial charge in [-0.15, -0.1) is 6.58 Å². The molecule has 2 unspecified atom stereocenters. The van der Waals surface area contributed by atoms with Crippen molar-refractivity contribution in [3.63, 3.8) is 0 Å². The quantitative estimate of drug-likeness (QED) is 0.110. The second kappa shape index (κ2) is 17.4. The van der Waals surface area contributed by atoms with E-state index in [2.05, 4.69) is 6.58 Å². The third-order valence-electron chi connectivity index (χ3n) is 9.34. The number of methoxy groups -OCH3 is 4. The number of carbonyl (C=O) groups is 2. The number of halogens is 2. The van der Waals surface area contributed by atoms with Crippen LogP contribution < -0.4 is 9.47 Å². The van der Waals surface area contributed by atoms with E-state index < -0.39 is 46.6 Å². The van der Waals surface area contributed by atoms with E-state index in [4.69, 9.17) is 18.9 Å². The maximum absolute atomic E-state index is 14.5. The number of esters is 2. The molecule has 2 N–H and O–H groups in total. The van der Waals surface area contributed by atoms with Crippen LogP contribution in [0.1, 0.15) is 85.1 Å². The van der Waals surface area contributed by atoms with Crippen molar-refractivity contribution >= 4 is 11.9 Å². The number of rotatable bonds is 12. The van der Waals surface area contributed by atoms with Gasteiger partial charge in [-0.3, -0.25) is 0 Å². The average molecular weight is 719 g/mol. The topological polar surface area (TPSA) is 112 Å². The Kier molecular flexibility index (Phi) is 13.9. The van der Waals surface area contributed by atoms with Crippen LogP contribution in [0.5, 0.6) is 11.5 Å². The Morgan fingerprint density at radius 2 is 1.08 bits per heavy atom. The summed E-state index contributed by atoms with van der Waals surface area (Å²) in [5.74, 6) is -0.936. The molecule has 0 aliphatic rings. The van der Waals surface area contributed by atoms with Crippen LogP contribution in [-0.4, -0.2) is 50.6 Å². The zero-order valence-corrected chi connectivity index (χ0v) is 31.2. The summed E-state index contributed by atoms with van der Waals surface area (Å²) >= 11 is 0. The Bertz CT molecular complexity index is 1900. The molecule has 0 saturated heterocycles. The summed E-state index contributed by atoms with van der Waals surface area (Å²) in [6.45, 7) is 13.2. The third-order valence-corrected chi connectivity index (χ3v) is 9.34. The monoisotopic (exact) mass is 718 g/mol. The number of aliphatic hydroxyl groups is 2. The van der Waals surface area contributed by atoms with E-state index in [1.165, 1.54) is 64.8 Å². The summed E-state index contributed by atoms with van der Waals surface area (Å²) in [7, 11) is 5.58. The molecule has 0 aliphatic carbocycles. The number of aliphatic hydroxyl groups excluding tert-OH is 2. The SMILES string of the molecule is C=CC(C)(C)C(O)c1cc(C(=O)OC)ccc1-c1cc(OC)ccc1F.CCC(C)(C)C(O)c1cc(C(=O)OC)ccc1-c1cc(OC)ccc1F. The Balaban J connectivity index is 0.000000280. The highest BCUT2D eigenvalue weighted by atomic mass is 19.1. The van der Waals surface area contributed by atoms with Crippen LogP contribution in [0.15, 0.2) is 85.5 Å². The minimum Gasteiger partial charge on any atom is -0.497 e. The second-order valence-corrected chi connectivity index (χ2v) is 13.5. The fourth-order valence-electron chi connectivity index (χ4n) is 5.36. The fourth-order valence-corrected chi connectivity index (χ4v) is 5.36. The van der Waals surface area contributed by atoms with Gasteiger partial charge in [0.15, 0.2) is 0 Å². The first-order chi connectivity index (χ1) is 24.5. The van der Waals surface area contributed by atoms with Crippen molar-refractivity contribution in [3.05, 3.63) is 119 Å². The number of benzene rings is 4. The third kappa shape index (κ3) is 9.23. The summed E-state index contributed by atoms with van der Waals surface area (Å²) in [6, 6.07) is 18.2. The van der Waals surface area contributed by atoms with Crippen LogP contribution in [-0.2, 0) is 9.47 Å². The van der Waals surface area contributed by atoms with Crippen LogP contribution in [0.3, 0.4) is 0 Å². The molecule has 2 atom stereocenters. The van der Waals surface area contributed by atoms with Crippen LogP contribution >= 0.6 is 0 Å². The second-order valence-electron chi connectivity index (χ2n) is 13.5. The molecule has 0 aliphatic heterocycles. The average Bonchev–Trinajstić information content (AvgIpc) is 3.16. The molecule has 0 spiro atoms. The van der Waals surface area contributed by atoms with Crippen molar-refractivity contribution in [2.24, 2.45) is 10.8 Å². The van der Waals surface area contributed by atoms with Gasteiger partial charge in [0.1, 0.15) is 23.1 Å². The van der Waals surface area contributed by atoms with Crippen LogP contribution in [0.2, 0.25) is 0 Å². The van der Waals surface area contributed by atoms with Gasteiger partial charge >= 0.3 is 11.9 Å². The Labute approximate surface area is 304 Å². The first kappa shape index (κ1) is 41.4. The summed E-state index contributed by atoms with van der Waals surface area (Å²) < 4.78 is 48.9. The lowest BCUT2D eigenvalue weighted by Gasteiger charge is -2.31. The molecule has 0 bridgehead atoms. The molecule has 0 amide bonds. The first-order valence-corrected chi connectivity index (χ1v) is 16.6. The lowest BCUT2D eigenvalue weighted by Crippen LogP contribution is -2.22. The normalized spacial score (nSPS) is 12.5. The molecule has 8 nitrogen and oxygen atoms in total. The fraction of sp³-hybridized carbons (Fsp3) is 0.333. The number of ether oxygens (including phenoxy) is 4. The van der Waals surface area contributed by atoms with Gasteiger partial charge in [0, 0.05) is 16.5 Å². The molecular formula is C42H48F2O8. The lowest BCUT2D eigenvalue weighted by atomic mass is 9.78. The summed E-state index contributed by atoms with van der Waals surface area (Å²) in [6.07, 6.45) is 0.424. The smallest absolute Gasteiger partial charge is 0.337 e. The van der Waals surface area contributed by atoms with Crippen molar-refractivity contribution < 1.29 is 47.5 Å². The van der Waals surface area contributed by atoms with E-state index >= 15 is 0 Å². The van der Waals surface area contributed by atoms with Crippen LogP contribution in [0, 0.1) is 22.5 Å². The van der Waals surface area contributed by atoms with Crippen LogP contribution in [0.4, 0.5) is 8.78 Å². The maximum atomic E-state index is 14.5. The molecule has 52 heavy (non-hydrogen) atoms. The van der Waals surface area contributed by atoms with Crippen LogP contribution in [0.25, 0.3) is 22.3 Å². The predicted molar refractivity (Wildman–Crippen MR) is 197 cm³/mol. The number of hydrogen-bond acceptors (Lipinski definition) is 8. The van der Waals surface area contributed by atoms with E-state index in [0.29, 0.717) is 51.3 Å². The van der Waals surface area contributed by atoms with Crippen molar-refractivity contribution in [1.82, 2.24) is 0 Å². The summed E-state index contributed by atoms with van der Waals surface area (Å²) in [5, 5.41) is 21.9. The van der Waals surface area contributed by atoms with Crippen molar-refractivity contribution in [3.8, 4) is 33.8 Å². The van der Waals surface area contributed by atoms with Crippen molar-refractivity contribution in [2.45, 2.75) is 53.2 Å². The molecule has 10 heteroatoms. The van der Waals surface area contributed by atoms with E-state index in [0.717, 1.165) is 0 Å². The van der Waals surface area contributed by atoms with Crippen molar-refractivity contribution in [1.29, 1.82) is 0 Å². The highest BCUT2D eigenvalue weighted by Gasteiger charge is 2.31. The highest BCUT2D eigenvalue weighted by Crippen LogP contribution is 2.43. The van der Waals surface area contributed by atoms with E-state index in [1.807, 2.05) is 20.8 Å². The minimum atomic E-state index is -1.01. The summed E-state index contributed by atoms with van der Waals surface area (Å²) in [4.78, 5) is 23.8. The first-order valence-electron chi connectivity index (χ1n) is 16.6. The molecule has 0 fully saturated rings. The minimum absolute atomic E-state index is 0.272. The molecule has 4 rings (SSSR count). The molecule has 0 heterocycles. The lowest BCUT2D eigenvalue weighted by molar-refractivity contribution is 0.0466.